The summed E-state index contributed by atoms with van der Waals surface area (Å²) < 4.78 is 17.1. The van der Waals surface area contributed by atoms with Crippen molar-refractivity contribution in [2.45, 2.75) is 25.4 Å². The summed E-state index contributed by atoms with van der Waals surface area (Å²) in [6.07, 6.45) is 5.05. The molecule has 1 aromatic heterocycles. The molecule has 0 aliphatic carbocycles. The normalized spacial score (nSPS) is 18.0. The van der Waals surface area contributed by atoms with Gasteiger partial charge in [-0.05, 0) is 67.8 Å². The molecule has 1 N–H and O–H groups in total. The van der Waals surface area contributed by atoms with Crippen LogP contribution in [0.5, 0.6) is 5.75 Å². The maximum absolute atomic E-state index is 9.68. The highest BCUT2D eigenvalue weighted by Crippen LogP contribution is 2.27. The fraction of sp³-hybridized carbons (Fsp3) is 0.370. The molecule has 2 saturated heterocycles. The minimum atomic E-state index is 0.0911. The van der Waals surface area contributed by atoms with Crippen molar-refractivity contribution in [2.75, 3.05) is 49.7 Å². The number of hydrogen-bond donors (Lipinski definition) is 1. The van der Waals surface area contributed by atoms with Crippen LogP contribution < -0.4 is 15.0 Å². The molecular weight excluding hydrogens is 442 g/mol. The molecule has 0 saturated carbocycles. The van der Waals surface area contributed by atoms with Gasteiger partial charge < -0.3 is 24.4 Å². The Morgan fingerprint density at radius 1 is 1.06 bits per heavy atom. The number of nitrogens with one attached hydrogen (secondary N) is 1. The van der Waals surface area contributed by atoms with Crippen LogP contribution >= 0.6 is 0 Å². The SMILES string of the molecule is N#Cc1cc(-c2ccnc(Nc3ccc(N4CCOCC4)cc3)n2)ccc1OCC1CCCCO1. The van der Waals surface area contributed by atoms with Crippen molar-refractivity contribution in [2.24, 2.45) is 0 Å². The summed E-state index contributed by atoms with van der Waals surface area (Å²) in [5.74, 6) is 1.06. The monoisotopic (exact) mass is 471 g/mol. The zero-order valence-corrected chi connectivity index (χ0v) is 19.7. The van der Waals surface area contributed by atoms with Gasteiger partial charge in [-0.25, -0.2) is 9.97 Å². The minimum absolute atomic E-state index is 0.0911. The molecule has 3 heterocycles. The first-order valence-electron chi connectivity index (χ1n) is 12.1. The van der Waals surface area contributed by atoms with E-state index in [4.69, 9.17) is 14.2 Å². The molecule has 180 valence electrons. The number of benzene rings is 2. The van der Waals surface area contributed by atoms with Crippen LogP contribution in [0.3, 0.4) is 0 Å². The van der Waals surface area contributed by atoms with Crippen LogP contribution in [0, 0.1) is 11.3 Å². The van der Waals surface area contributed by atoms with Gasteiger partial charge in [0.05, 0.1) is 30.6 Å². The lowest BCUT2D eigenvalue weighted by Crippen LogP contribution is -2.36. The molecule has 8 nitrogen and oxygen atoms in total. The average Bonchev–Trinajstić information content (AvgIpc) is 2.93. The third kappa shape index (κ3) is 5.88. The lowest BCUT2D eigenvalue weighted by atomic mass is 10.1. The summed E-state index contributed by atoms with van der Waals surface area (Å²) in [5, 5.41) is 12.9. The van der Waals surface area contributed by atoms with Gasteiger partial charge in [-0.15, -0.1) is 0 Å². The first kappa shape index (κ1) is 23.1. The second kappa shape index (κ2) is 11.2. The van der Waals surface area contributed by atoms with Gasteiger partial charge in [-0.3, -0.25) is 0 Å². The molecular formula is C27H29N5O3. The quantitative estimate of drug-likeness (QED) is 0.537. The zero-order valence-electron chi connectivity index (χ0n) is 19.7. The van der Waals surface area contributed by atoms with Crippen LogP contribution in [0.25, 0.3) is 11.3 Å². The van der Waals surface area contributed by atoms with Crippen LogP contribution in [0.2, 0.25) is 0 Å². The van der Waals surface area contributed by atoms with E-state index in [9.17, 15) is 5.26 Å². The van der Waals surface area contributed by atoms with E-state index < -0.39 is 0 Å². The largest absolute Gasteiger partial charge is 0.489 e. The van der Waals surface area contributed by atoms with Gasteiger partial charge in [0.1, 0.15) is 18.4 Å². The Hall–Kier alpha value is -3.67. The summed E-state index contributed by atoms with van der Waals surface area (Å²) in [6, 6.07) is 17.9. The summed E-state index contributed by atoms with van der Waals surface area (Å²) in [5.41, 5.74) is 4.12. The van der Waals surface area contributed by atoms with Crippen molar-refractivity contribution in [3.05, 3.63) is 60.3 Å². The van der Waals surface area contributed by atoms with E-state index >= 15 is 0 Å². The molecule has 1 atom stereocenters. The highest BCUT2D eigenvalue weighted by Gasteiger charge is 2.16. The summed E-state index contributed by atoms with van der Waals surface area (Å²) in [7, 11) is 0. The van der Waals surface area contributed by atoms with Crippen LogP contribution in [0.4, 0.5) is 17.3 Å². The van der Waals surface area contributed by atoms with E-state index in [1.54, 1.807) is 12.3 Å². The molecule has 2 fully saturated rings. The van der Waals surface area contributed by atoms with Crippen molar-refractivity contribution < 1.29 is 14.2 Å². The van der Waals surface area contributed by atoms with Crippen molar-refractivity contribution >= 4 is 17.3 Å². The van der Waals surface area contributed by atoms with Gasteiger partial charge >= 0.3 is 0 Å². The molecule has 1 unspecified atom stereocenters. The van der Waals surface area contributed by atoms with Crippen LogP contribution in [0.1, 0.15) is 24.8 Å². The minimum Gasteiger partial charge on any atom is -0.489 e. The first-order valence-corrected chi connectivity index (χ1v) is 12.1. The highest BCUT2D eigenvalue weighted by molar-refractivity contribution is 5.66. The topological polar surface area (TPSA) is 92.5 Å². The maximum atomic E-state index is 9.68. The van der Waals surface area contributed by atoms with Gasteiger partial charge in [-0.1, -0.05) is 0 Å². The summed E-state index contributed by atoms with van der Waals surface area (Å²) in [6.45, 7) is 4.56. The Bertz CT molecular complexity index is 1170. The molecule has 0 radical (unpaired) electrons. The predicted octanol–water partition coefficient (Wildman–Crippen LogP) is 4.54. The van der Waals surface area contributed by atoms with Crippen molar-refractivity contribution in [1.29, 1.82) is 5.26 Å². The van der Waals surface area contributed by atoms with Crippen LogP contribution in [0.15, 0.2) is 54.7 Å². The lowest BCUT2D eigenvalue weighted by Gasteiger charge is -2.28. The molecule has 3 aromatic rings. The van der Waals surface area contributed by atoms with E-state index in [0.29, 0.717) is 23.9 Å². The number of nitriles is 1. The van der Waals surface area contributed by atoms with Gasteiger partial charge in [-0.2, -0.15) is 5.26 Å². The van der Waals surface area contributed by atoms with Crippen LogP contribution in [-0.2, 0) is 9.47 Å². The molecule has 0 amide bonds. The van der Waals surface area contributed by atoms with E-state index in [2.05, 4.69) is 38.4 Å². The van der Waals surface area contributed by atoms with Crippen molar-refractivity contribution in [1.82, 2.24) is 9.97 Å². The second-order valence-corrected chi connectivity index (χ2v) is 8.66. The standard InChI is InChI=1S/C27H29N5O3/c28-18-21-17-20(4-9-26(21)35-19-24-3-1-2-14-34-24)25-10-11-29-27(31-25)30-22-5-7-23(8-6-22)32-12-15-33-16-13-32/h4-11,17,24H,1-3,12-16,19H2,(H,29,30,31). The molecule has 8 heteroatoms. The van der Waals surface area contributed by atoms with E-state index in [1.165, 1.54) is 5.69 Å². The highest BCUT2D eigenvalue weighted by atomic mass is 16.5. The Kier molecular flexibility index (Phi) is 7.37. The van der Waals surface area contributed by atoms with E-state index in [1.807, 2.05) is 30.3 Å². The Morgan fingerprint density at radius 2 is 1.91 bits per heavy atom. The number of morpholine rings is 1. The van der Waals surface area contributed by atoms with Crippen molar-refractivity contribution in [3.63, 3.8) is 0 Å². The van der Waals surface area contributed by atoms with E-state index in [-0.39, 0.29) is 6.10 Å². The molecule has 2 aliphatic heterocycles. The first-order chi connectivity index (χ1) is 17.3. The fourth-order valence-electron chi connectivity index (χ4n) is 4.31. The average molecular weight is 472 g/mol. The summed E-state index contributed by atoms with van der Waals surface area (Å²) >= 11 is 0. The Balaban J connectivity index is 1.26. The van der Waals surface area contributed by atoms with Gasteiger partial charge in [0, 0.05) is 42.8 Å². The van der Waals surface area contributed by atoms with E-state index in [0.717, 1.165) is 69.1 Å². The smallest absolute Gasteiger partial charge is 0.227 e. The maximum Gasteiger partial charge on any atom is 0.227 e. The number of anilines is 3. The van der Waals surface area contributed by atoms with Crippen molar-refractivity contribution in [3.8, 4) is 23.1 Å². The molecule has 2 aromatic carbocycles. The molecule has 2 aliphatic rings. The molecule has 0 bridgehead atoms. The van der Waals surface area contributed by atoms with Gasteiger partial charge in [0.15, 0.2) is 0 Å². The zero-order chi connectivity index (χ0) is 23.9. The summed E-state index contributed by atoms with van der Waals surface area (Å²) in [4.78, 5) is 11.3. The fourth-order valence-corrected chi connectivity index (χ4v) is 4.31. The van der Waals surface area contributed by atoms with Gasteiger partial charge in [0.2, 0.25) is 5.95 Å². The molecule has 35 heavy (non-hydrogen) atoms. The number of rotatable bonds is 7. The Labute approximate surface area is 205 Å². The Morgan fingerprint density at radius 3 is 2.69 bits per heavy atom. The third-order valence-electron chi connectivity index (χ3n) is 6.25. The predicted molar refractivity (Wildman–Crippen MR) is 134 cm³/mol. The number of ether oxygens (including phenoxy) is 3. The number of hydrogen-bond acceptors (Lipinski definition) is 8. The lowest BCUT2D eigenvalue weighted by molar-refractivity contribution is -0.0111. The third-order valence-corrected chi connectivity index (χ3v) is 6.25. The number of aromatic nitrogens is 2. The number of nitrogens with zero attached hydrogens (tertiary/aromatic N) is 4. The second-order valence-electron chi connectivity index (χ2n) is 8.66. The molecule has 0 spiro atoms. The molecule has 5 rings (SSSR count). The van der Waals surface area contributed by atoms with Gasteiger partial charge in [0.25, 0.3) is 0 Å². The van der Waals surface area contributed by atoms with Crippen LogP contribution in [-0.4, -0.2) is 55.6 Å².